The molecule has 0 unspecified atom stereocenters. The minimum Gasteiger partial charge on any atom is -0.385 e. The van der Waals surface area contributed by atoms with Crippen molar-refractivity contribution in [2.24, 2.45) is 0 Å². The van der Waals surface area contributed by atoms with E-state index < -0.39 is 20.5 Å². The molecule has 7 nitrogen and oxygen atoms in total. The van der Waals surface area contributed by atoms with Gasteiger partial charge in [0.1, 0.15) is 4.21 Å². The number of nitrogen functional groups attached to an aromatic ring is 1. The molecule has 0 bridgehead atoms. The average Bonchev–Trinajstić information content (AvgIpc) is 2.59. The lowest BCUT2D eigenvalue weighted by Crippen LogP contribution is -2.42. The van der Waals surface area contributed by atoms with Gasteiger partial charge in [-0.05, 0) is 20.3 Å². The topological polar surface area (TPSA) is 115 Å². The van der Waals surface area contributed by atoms with Crippen LogP contribution in [-0.2, 0) is 10.0 Å². The minimum atomic E-state index is -3.78. The smallest absolute Gasteiger partial charge is 0.304 e. The third-order valence-corrected chi connectivity index (χ3v) is 5.60. The van der Waals surface area contributed by atoms with Crippen LogP contribution in [0.3, 0.4) is 0 Å². The first-order chi connectivity index (χ1) is 8.09. The molecular weight excluding hydrogens is 278 g/mol. The Hall–Kier alpha value is -1.19. The fourth-order valence-corrected chi connectivity index (χ4v) is 3.83. The molecule has 0 spiro atoms. The number of anilines is 1. The van der Waals surface area contributed by atoms with Crippen LogP contribution in [0.25, 0.3) is 0 Å². The number of sulfonamides is 1. The molecule has 1 heterocycles. The average molecular weight is 293 g/mol. The number of thiophene rings is 1. The summed E-state index contributed by atoms with van der Waals surface area (Å²) < 4.78 is 26.4. The van der Waals surface area contributed by atoms with Gasteiger partial charge in [-0.2, -0.15) is 0 Å². The number of nitrogens with one attached hydrogen (secondary N) is 1. The molecule has 1 rings (SSSR count). The summed E-state index contributed by atoms with van der Waals surface area (Å²) >= 11 is 0.686. The normalized spacial score (nSPS) is 12.6. The van der Waals surface area contributed by atoms with E-state index in [0.717, 1.165) is 6.07 Å². The minimum absolute atomic E-state index is 0.116. The Bertz CT molecular complexity index is 562. The number of nitrogens with zero attached hydrogens (tertiary/aromatic N) is 1. The van der Waals surface area contributed by atoms with Gasteiger partial charge < -0.3 is 5.73 Å². The molecule has 102 valence electrons. The van der Waals surface area contributed by atoms with E-state index in [1.54, 1.807) is 13.8 Å². The second-order valence-electron chi connectivity index (χ2n) is 4.41. The zero-order valence-corrected chi connectivity index (χ0v) is 11.9. The molecule has 18 heavy (non-hydrogen) atoms. The fourth-order valence-electron chi connectivity index (χ4n) is 1.13. The van der Waals surface area contributed by atoms with Crippen LogP contribution in [0.2, 0.25) is 0 Å². The molecule has 0 aliphatic carbocycles. The molecule has 0 aromatic carbocycles. The van der Waals surface area contributed by atoms with Crippen molar-refractivity contribution in [1.29, 1.82) is 0 Å². The third kappa shape index (κ3) is 3.18. The zero-order chi connectivity index (χ0) is 14.1. The molecule has 0 amide bonds. The van der Waals surface area contributed by atoms with Crippen LogP contribution in [0.5, 0.6) is 0 Å². The molecule has 9 heteroatoms. The number of nitro groups is 1. The van der Waals surface area contributed by atoms with Crippen molar-refractivity contribution in [2.45, 2.75) is 36.9 Å². The van der Waals surface area contributed by atoms with E-state index in [4.69, 9.17) is 5.73 Å². The van der Waals surface area contributed by atoms with E-state index in [-0.39, 0.29) is 14.9 Å². The second-order valence-corrected chi connectivity index (χ2v) is 7.41. The first kappa shape index (κ1) is 14.9. The van der Waals surface area contributed by atoms with Gasteiger partial charge in [0.15, 0.2) is 5.00 Å². The maximum absolute atomic E-state index is 12.0. The monoisotopic (exact) mass is 293 g/mol. The number of hydrogen-bond donors (Lipinski definition) is 2. The van der Waals surface area contributed by atoms with Crippen molar-refractivity contribution in [3.8, 4) is 0 Å². The maximum atomic E-state index is 12.0. The molecule has 0 atom stereocenters. The first-order valence-corrected chi connectivity index (χ1v) is 7.46. The lowest BCUT2D eigenvalue weighted by atomic mass is 10.0. The molecule has 0 aliphatic heterocycles. The highest BCUT2D eigenvalue weighted by atomic mass is 32.2. The summed E-state index contributed by atoms with van der Waals surface area (Å²) in [6.07, 6.45) is 0.592. The second kappa shape index (κ2) is 4.82. The number of nitrogens with two attached hydrogens (primary N) is 1. The van der Waals surface area contributed by atoms with Gasteiger partial charge in [-0.15, -0.1) is 0 Å². The molecule has 0 aliphatic rings. The highest BCUT2D eigenvalue weighted by Gasteiger charge is 2.29. The van der Waals surface area contributed by atoms with E-state index in [1.165, 1.54) is 0 Å². The van der Waals surface area contributed by atoms with Crippen molar-refractivity contribution in [2.75, 3.05) is 5.73 Å². The highest BCUT2D eigenvalue weighted by molar-refractivity contribution is 7.91. The maximum Gasteiger partial charge on any atom is 0.304 e. The fraction of sp³-hybridized carbons (Fsp3) is 0.556. The molecule has 0 saturated carbocycles. The predicted octanol–water partition coefficient (Wildman–Crippen LogP) is 1.71. The Morgan fingerprint density at radius 2 is 2.11 bits per heavy atom. The van der Waals surface area contributed by atoms with Gasteiger partial charge in [0.05, 0.1) is 4.92 Å². The summed E-state index contributed by atoms with van der Waals surface area (Å²) in [6.45, 7) is 5.31. The molecule has 0 radical (unpaired) electrons. The zero-order valence-electron chi connectivity index (χ0n) is 10.3. The third-order valence-electron chi connectivity index (χ3n) is 2.47. The van der Waals surface area contributed by atoms with E-state index >= 15 is 0 Å². The van der Waals surface area contributed by atoms with Crippen molar-refractivity contribution >= 4 is 32.0 Å². The van der Waals surface area contributed by atoms with Crippen LogP contribution >= 0.6 is 11.3 Å². The van der Waals surface area contributed by atoms with Crippen LogP contribution < -0.4 is 10.5 Å². The van der Waals surface area contributed by atoms with Gasteiger partial charge in [0.25, 0.3) is 10.0 Å². The molecule has 1 aromatic heterocycles. The van der Waals surface area contributed by atoms with Gasteiger partial charge in [-0.25, -0.2) is 13.1 Å². The largest absolute Gasteiger partial charge is 0.385 e. The lowest BCUT2D eigenvalue weighted by molar-refractivity contribution is -0.383. The predicted molar refractivity (Wildman–Crippen MR) is 70.1 cm³/mol. The Morgan fingerprint density at radius 1 is 1.56 bits per heavy atom. The van der Waals surface area contributed by atoms with Gasteiger partial charge in [0.2, 0.25) is 0 Å². The summed E-state index contributed by atoms with van der Waals surface area (Å²) in [4.78, 5) is 9.92. The van der Waals surface area contributed by atoms with Crippen molar-refractivity contribution in [3.05, 3.63) is 16.2 Å². The van der Waals surface area contributed by atoms with Gasteiger partial charge in [0, 0.05) is 11.6 Å². The number of rotatable bonds is 5. The van der Waals surface area contributed by atoms with Crippen LogP contribution in [0.15, 0.2) is 10.3 Å². The SMILES string of the molecule is CCC(C)(C)NS(=O)(=O)c1cc([N+](=O)[O-])c(N)s1. The van der Waals surface area contributed by atoms with E-state index in [1.807, 2.05) is 6.92 Å². The molecule has 0 fully saturated rings. The standard InChI is InChI=1S/C9H15N3O4S2/c1-4-9(2,3)11-18(15,16)7-5-6(12(13)14)8(10)17-7/h5,11H,4,10H2,1-3H3. The first-order valence-electron chi connectivity index (χ1n) is 5.17. The lowest BCUT2D eigenvalue weighted by Gasteiger charge is -2.23. The summed E-state index contributed by atoms with van der Waals surface area (Å²) in [6, 6.07) is 0.980. The molecule has 1 aromatic rings. The van der Waals surface area contributed by atoms with Crippen LogP contribution in [0.4, 0.5) is 10.7 Å². The van der Waals surface area contributed by atoms with E-state index in [9.17, 15) is 18.5 Å². The molecule has 3 N–H and O–H groups in total. The molecular formula is C9H15N3O4S2. The van der Waals surface area contributed by atoms with Crippen LogP contribution in [0.1, 0.15) is 27.2 Å². The Balaban J connectivity index is 3.14. The van der Waals surface area contributed by atoms with Crippen molar-refractivity contribution in [3.63, 3.8) is 0 Å². The summed E-state index contributed by atoms with van der Waals surface area (Å²) in [7, 11) is -3.78. The summed E-state index contributed by atoms with van der Waals surface area (Å²) in [5.74, 6) is 0. The van der Waals surface area contributed by atoms with Crippen molar-refractivity contribution in [1.82, 2.24) is 4.72 Å². The Labute approximate surface area is 109 Å². The quantitative estimate of drug-likeness (QED) is 0.633. The Morgan fingerprint density at radius 3 is 2.50 bits per heavy atom. The van der Waals surface area contributed by atoms with Gasteiger partial charge in [-0.1, -0.05) is 18.3 Å². The molecule has 0 saturated heterocycles. The van der Waals surface area contributed by atoms with Crippen LogP contribution in [0, 0.1) is 10.1 Å². The van der Waals surface area contributed by atoms with E-state index in [2.05, 4.69) is 4.72 Å². The van der Waals surface area contributed by atoms with E-state index in [0.29, 0.717) is 17.8 Å². The summed E-state index contributed by atoms with van der Waals surface area (Å²) in [5, 5.41) is 10.5. The van der Waals surface area contributed by atoms with Gasteiger partial charge in [-0.3, -0.25) is 10.1 Å². The summed E-state index contributed by atoms with van der Waals surface area (Å²) in [5.41, 5.74) is 4.42. The van der Waals surface area contributed by atoms with Crippen molar-refractivity contribution < 1.29 is 13.3 Å². The Kier molecular flexibility index (Phi) is 3.99. The van der Waals surface area contributed by atoms with Gasteiger partial charge >= 0.3 is 5.69 Å². The highest BCUT2D eigenvalue weighted by Crippen LogP contribution is 2.34. The number of hydrogen-bond acceptors (Lipinski definition) is 6. The van der Waals surface area contributed by atoms with Crippen LogP contribution in [-0.4, -0.2) is 18.9 Å².